The maximum absolute atomic E-state index is 14.1. The molecule has 208 valence electrons. The quantitative estimate of drug-likeness (QED) is 0.449. The summed E-state index contributed by atoms with van der Waals surface area (Å²) in [6, 6.07) is 8.56. The monoisotopic (exact) mass is 542 g/mol. The van der Waals surface area contributed by atoms with Crippen molar-refractivity contribution in [2.24, 2.45) is 5.92 Å². The van der Waals surface area contributed by atoms with Gasteiger partial charge in [0.1, 0.15) is 11.9 Å². The third-order valence-corrected chi connectivity index (χ3v) is 7.57. The molecule has 1 amide bonds. The first-order valence-electron chi connectivity index (χ1n) is 13.5. The van der Waals surface area contributed by atoms with Gasteiger partial charge >= 0.3 is 0 Å². The largest absolute Gasteiger partial charge is 0.472 e. The fraction of sp³-hybridized carbons (Fsp3) is 0.556. The van der Waals surface area contributed by atoms with Crippen molar-refractivity contribution in [2.75, 3.05) is 57.5 Å². The summed E-state index contributed by atoms with van der Waals surface area (Å²) in [6.07, 6.45) is -0.0263. The number of benzene rings is 1. The summed E-state index contributed by atoms with van der Waals surface area (Å²) in [7, 11) is 0. The third-order valence-electron chi connectivity index (χ3n) is 7.57. The lowest BCUT2D eigenvalue weighted by Crippen LogP contribution is -2.37. The molecule has 5 heterocycles. The normalized spacial score (nSPS) is 20.7. The number of carbonyl (C=O) groups excluding carboxylic acids is 1. The van der Waals surface area contributed by atoms with Gasteiger partial charge in [-0.2, -0.15) is 9.97 Å². The molecule has 3 aliphatic heterocycles. The minimum atomic E-state index is -2.80. The van der Waals surface area contributed by atoms with Crippen LogP contribution in [0, 0.1) is 5.92 Å². The number of carbonyl (C=O) groups is 1. The second kappa shape index (κ2) is 11.4. The molecule has 0 aliphatic carbocycles. The summed E-state index contributed by atoms with van der Waals surface area (Å²) in [5.74, 6) is 1.03. The maximum atomic E-state index is 14.1. The minimum absolute atomic E-state index is 0.136. The lowest BCUT2D eigenvalue weighted by molar-refractivity contribution is -0.132. The lowest BCUT2D eigenvalue weighted by Gasteiger charge is -2.27. The first kappa shape index (κ1) is 25.9. The van der Waals surface area contributed by atoms with E-state index in [1.165, 1.54) is 4.57 Å². The van der Waals surface area contributed by atoms with Crippen LogP contribution in [-0.4, -0.2) is 89.0 Å². The van der Waals surface area contributed by atoms with Crippen LogP contribution in [0.15, 0.2) is 30.3 Å². The molecule has 39 heavy (non-hydrogen) atoms. The van der Waals surface area contributed by atoms with E-state index in [2.05, 4.69) is 15.0 Å². The molecule has 3 aromatic rings. The summed E-state index contributed by atoms with van der Waals surface area (Å²) in [6.45, 7) is 4.70. The Hall–Kier alpha value is -3.38. The van der Waals surface area contributed by atoms with Crippen LogP contribution in [0.5, 0.6) is 5.88 Å². The van der Waals surface area contributed by atoms with Crippen molar-refractivity contribution < 1.29 is 27.8 Å². The van der Waals surface area contributed by atoms with Gasteiger partial charge in [0.25, 0.3) is 6.43 Å². The zero-order valence-electron chi connectivity index (χ0n) is 21.7. The Morgan fingerprint density at radius 1 is 1.00 bits per heavy atom. The number of aromatic nitrogens is 4. The highest BCUT2D eigenvalue weighted by molar-refractivity contribution is 5.78. The first-order chi connectivity index (χ1) is 19.0. The molecule has 0 spiro atoms. The first-order valence-corrected chi connectivity index (χ1v) is 13.5. The van der Waals surface area contributed by atoms with Crippen LogP contribution in [0.2, 0.25) is 0 Å². The van der Waals surface area contributed by atoms with Crippen molar-refractivity contribution in [3.05, 3.63) is 36.2 Å². The van der Waals surface area contributed by atoms with Gasteiger partial charge in [-0.25, -0.2) is 13.8 Å². The standard InChI is InChI=1S/C27H32F2N6O4/c28-25(29)26-30-20-3-1-2-4-21(20)35(26)22-16-23(32-27(31-22)33-9-13-38-14-10-33)39-19-5-8-34(17-19)24(36)15-18-6-11-37-12-7-18/h1-4,16,18-19,25H,5-15,17H2. The zero-order valence-corrected chi connectivity index (χ0v) is 21.7. The number of alkyl halides is 2. The number of hydrogen-bond donors (Lipinski definition) is 0. The summed E-state index contributed by atoms with van der Waals surface area (Å²) in [4.78, 5) is 30.2. The average Bonchev–Trinajstić information content (AvgIpc) is 3.59. The fourth-order valence-electron chi connectivity index (χ4n) is 5.46. The van der Waals surface area contributed by atoms with Gasteiger partial charge in [0, 0.05) is 51.8 Å². The second-order valence-electron chi connectivity index (χ2n) is 10.2. The summed E-state index contributed by atoms with van der Waals surface area (Å²) in [5.41, 5.74) is 0.979. The molecule has 10 nitrogen and oxygen atoms in total. The highest BCUT2D eigenvalue weighted by atomic mass is 19.3. The van der Waals surface area contributed by atoms with E-state index < -0.39 is 6.43 Å². The molecule has 12 heteroatoms. The van der Waals surface area contributed by atoms with E-state index >= 15 is 0 Å². The number of nitrogens with zero attached hydrogens (tertiary/aromatic N) is 6. The number of rotatable bonds is 7. The van der Waals surface area contributed by atoms with Crippen molar-refractivity contribution in [3.63, 3.8) is 0 Å². The summed E-state index contributed by atoms with van der Waals surface area (Å²) >= 11 is 0. The Labute approximate surface area is 224 Å². The molecule has 1 unspecified atom stereocenters. The molecule has 1 aromatic carbocycles. The average molecular weight is 543 g/mol. The van der Waals surface area contributed by atoms with E-state index in [0.29, 0.717) is 88.3 Å². The predicted octanol–water partition coefficient (Wildman–Crippen LogP) is 3.39. The number of amides is 1. The van der Waals surface area contributed by atoms with Crippen LogP contribution in [0.3, 0.4) is 0 Å². The van der Waals surface area contributed by atoms with Crippen LogP contribution in [0.4, 0.5) is 14.7 Å². The van der Waals surface area contributed by atoms with E-state index in [0.717, 1.165) is 12.8 Å². The highest BCUT2D eigenvalue weighted by Gasteiger charge is 2.31. The second-order valence-corrected chi connectivity index (χ2v) is 10.2. The van der Waals surface area contributed by atoms with Crippen LogP contribution in [0.1, 0.15) is 37.9 Å². The zero-order chi connectivity index (χ0) is 26.8. The number of morpholine rings is 1. The number of hydrogen-bond acceptors (Lipinski definition) is 8. The van der Waals surface area contributed by atoms with Crippen molar-refractivity contribution in [3.8, 4) is 11.7 Å². The number of likely N-dealkylation sites (tertiary alicyclic amines) is 1. The number of halogens is 2. The van der Waals surface area contributed by atoms with E-state index in [9.17, 15) is 13.6 Å². The van der Waals surface area contributed by atoms with Crippen molar-refractivity contribution in [2.45, 2.75) is 38.2 Å². The lowest BCUT2D eigenvalue weighted by atomic mass is 9.96. The van der Waals surface area contributed by atoms with E-state index in [1.807, 2.05) is 9.80 Å². The van der Waals surface area contributed by atoms with E-state index in [4.69, 9.17) is 14.2 Å². The minimum Gasteiger partial charge on any atom is -0.472 e. The molecule has 3 aliphatic rings. The maximum Gasteiger partial charge on any atom is 0.296 e. The van der Waals surface area contributed by atoms with Crippen LogP contribution >= 0.6 is 0 Å². The van der Waals surface area contributed by atoms with Crippen LogP contribution in [0.25, 0.3) is 16.9 Å². The van der Waals surface area contributed by atoms with Gasteiger partial charge in [0.2, 0.25) is 17.7 Å². The van der Waals surface area contributed by atoms with Gasteiger partial charge < -0.3 is 24.0 Å². The smallest absolute Gasteiger partial charge is 0.296 e. The molecule has 0 radical (unpaired) electrons. The fourth-order valence-corrected chi connectivity index (χ4v) is 5.46. The van der Waals surface area contributed by atoms with Gasteiger partial charge in [-0.1, -0.05) is 12.1 Å². The van der Waals surface area contributed by atoms with Gasteiger partial charge in [-0.05, 0) is 30.9 Å². The number of para-hydroxylation sites is 2. The topological polar surface area (TPSA) is 94.8 Å². The Balaban J connectivity index is 1.27. The third kappa shape index (κ3) is 5.67. The molecule has 3 saturated heterocycles. The van der Waals surface area contributed by atoms with Gasteiger partial charge in [-0.15, -0.1) is 0 Å². The molecule has 6 rings (SSSR count). The molecule has 0 saturated carbocycles. The van der Waals surface area contributed by atoms with Crippen LogP contribution < -0.4 is 9.64 Å². The molecule has 0 bridgehead atoms. The molecule has 0 N–H and O–H groups in total. The number of fused-ring (bicyclic) bond motifs is 1. The molecular formula is C27H32F2N6O4. The Bertz CT molecular complexity index is 1310. The van der Waals surface area contributed by atoms with Gasteiger partial charge in [0.05, 0.1) is 30.8 Å². The van der Waals surface area contributed by atoms with Gasteiger partial charge in [-0.3, -0.25) is 9.36 Å². The number of imidazole rings is 1. The van der Waals surface area contributed by atoms with Crippen molar-refractivity contribution in [1.82, 2.24) is 24.4 Å². The number of anilines is 1. The van der Waals surface area contributed by atoms with Gasteiger partial charge in [0.15, 0.2) is 5.82 Å². The highest BCUT2D eigenvalue weighted by Crippen LogP contribution is 2.30. The summed E-state index contributed by atoms with van der Waals surface area (Å²) in [5, 5.41) is 0. The molecule has 1 atom stereocenters. The Morgan fingerprint density at radius 3 is 2.56 bits per heavy atom. The predicted molar refractivity (Wildman–Crippen MR) is 138 cm³/mol. The number of ether oxygens (including phenoxy) is 3. The van der Waals surface area contributed by atoms with E-state index in [-0.39, 0.29) is 29.5 Å². The van der Waals surface area contributed by atoms with Crippen LogP contribution in [-0.2, 0) is 14.3 Å². The molecular weight excluding hydrogens is 510 g/mol. The molecule has 2 aromatic heterocycles. The SMILES string of the molecule is O=C(CC1CCOCC1)N1CCC(Oc2cc(-n3c(C(F)F)nc4ccccc43)nc(N3CCOCC3)n2)C1. The Kier molecular flexibility index (Phi) is 7.55. The van der Waals surface area contributed by atoms with Crippen molar-refractivity contribution in [1.29, 1.82) is 0 Å². The van der Waals surface area contributed by atoms with Crippen molar-refractivity contribution >= 4 is 22.9 Å². The van der Waals surface area contributed by atoms with E-state index in [1.54, 1.807) is 30.3 Å². The Morgan fingerprint density at radius 2 is 1.77 bits per heavy atom. The summed E-state index contributed by atoms with van der Waals surface area (Å²) < 4.78 is 46.7. The molecule has 3 fully saturated rings.